The summed E-state index contributed by atoms with van der Waals surface area (Å²) in [4.78, 5) is 34.9. The van der Waals surface area contributed by atoms with Crippen molar-refractivity contribution in [2.45, 2.75) is 65.8 Å². The fourth-order valence-corrected chi connectivity index (χ4v) is 4.20. The summed E-state index contributed by atoms with van der Waals surface area (Å²) in [6.07, 6.45) is 3.25. The zero-order valence-electron chi connectivity index (χ0n) is 24.0. The molecule has 3 aromatic heterocycles. The first-order chi connectivity index (χ1) is 18.5. The van der Waals surface area contributed by atoms with Gasteiger partial charge in [0.05, 0.1) is 11.8 Å². The number of aromatic nitrogens is 4. The Morgan fingerprint density at radius 2 is 1.79 bits per heavy atom. The van der Waals surface area contributed by atoms with Crippen LogP contribution in [0.2, 0.25) is 0 Å². The van der Waals surface area contributed by atoms with Crippen LogP contribution in [0.4, 0.5) is 22.4 Å². The third kappa shape index (κ3) is 7.73. The fraction of sp³-hybridized carbons (Fsp3) is 0.536. The van der Waals surface area contributed by atoms with E-state index in [0.29, 0.717) is 30.7 Å². The number of rotatable bonds is 8. The number of nitrogens with one attached hydrogen (secondary N) is 2. The minimum absolute atomic E-state index is 0.142. The lowest BCUT2D eigenvalue weighted by Gasteiger charge is -2.35. The number of ether oxygens (including phenoxy) is 2. The van der Waals surface area contributed by atoms with Crippen LogP contribution in [0.25, 0.3) is 10.9 Å². The monoisotopic (exact) mass is 536 g/mol. The van der Waals surface area contributed by atoms with Crippen LogP contribution >= 0.6 is 0 Å². The van der Waals surface area contributed by atoms with Crippen molar-refractivity contribution in [2.24, 2.45) is 0 Å². The lowest BCUT2D eigenvalue weighted by Crippen LogP contribution is -2.49. The van der Waals surface area contributed by atoms with E-state index < -0.39 is 5.60 Å². The quantitative estimate of drug-likeness (QED) is 0.418. The highest BCUT2D eigenvalue weighted by molar-refractivity contribution is 5.89. The molecule has 11 nitrogen and oxygen atoms in total. The second kappa shape index (κ2) is 12.1. The van der Waals surface area contributed by atoms with Crippen LogP contribution in [-0.4, -0.2) is 80.8 Å². The Balaban J connectivity index is 1.39. The maximum absolute atomic E-state index is 12.3. The molecule has 0 aromatic carbocycles. The van der Waals surface area contributed by atoms with Crippen LogP contribution in [0.1, 0.15) is 58.9 Å². The smallest absolute Gasteiger partial charge is 0.410 e. The third-order valence-electron chi connectivity index (χ3n) is 6.28. The Bertz CT molecular complexity index is 1270. The number of methoxy groups -OCH3 is 1. The number of amides is 1. The van der Waals surface area contributed by atoms with Gasteiger partial charge < -0.3 is 25.0 Å². The molecule has 0 aliphatic carbocycles. The van der Waals surface area contributed by atoms with Gasteiger partial charge in [0, 0.05) is 63.7 Å². The molecule has 0 bridgehead atoms. The zero-order valence-corrected chi connectivity index (χ0v) is 24.0. The van der Waals surface area contributed by atoms with E-state index in [1.807, 2.05) is 52.1 Å². The van der Waals surface area contributed by atoms with Crippen LogP contribution in [0.15, 0.2) is 30.6 Å². The van der Waals surface area contributed by atoms with E-state index in [1.165, 1.54) is 0 Å². The summed E-state index contributed by atoms with van der Waals surface area (Å²) in [5.74, 6) is 1.80. The van der Waals surface area contributed by atoms with Crippen molar-refractivity contribution in [2.75, 3.05) is 43.9 Å². The molecule has 1 fully saturated rings. The Morgan fingerprint density at radius 3 is 2.41 bits per heavy atom. The molecule has 39 heavy (non-hydrogen) atoms. The van der Waals surface area contributed by atoms with Crippen molar-refractivity contribution in [3.05, 3.63) is 41.9 Å². The maximum Gasteiger partial charge on any atom is 0.410 e. The molecule has 1 unspecified atom stereocenters. The van der Waals surface area contributed by atoms with Gasteiger partial charge in [0.15, 0.2) is 5.82 Å². The van der Waals surface area contributed by atoms with Crippen LogP contribution in [0.5, 0.6) is 0 Å². The van der Waals surface area contributed by atoms with Gasteiger partial charge in [-0.05, 0) is 59.2 Å². The minimum atomic E-state index is -0.482. The fourth-order valence-electron chi connectivity index (χ4n) is 4.20. The minimum Gasteiger partial charge on any atom is -0.444 e. The standard InChI is InChI=1S/C28H40N8O3/c1-18(2)31-25-24-21(14-22(32-25)19(3)38-7)16-30-26(34-24)33-23-9-8-20(15-29-23)17-35-10-12-36(13-11-35)27(37)39-28(4,5)6/h8-9,14-16,18-19H,10-13,17H2,1-7H3,(H,31,32)(H,29,30,33,34). The second-order valence-electron chi connectivity index (χ2n) is 11.1. The van der Waals surface area contributed by atoms with Crippen LogP contribution in [0, 0.1) is 0 Å². The number of nitrogens with zero attached hydrogens (tertiary/aromatic N) is 6. The molecule has 1 aliphatic heterocycles. The van der Waals surface area contributed by atoms with Crippen LogP contribution < -0.4 is 10.6 Å². The normalized spacial score (nSPS) is 15.4. The van der Waals surface area contributed by atoms with Crippen molar-refractivity contribution < 1.29 is 14.3 Å². The van der Waals surface area contributed by atoms with Gasteiger partial charge in [-0.3, -0.25) is 4.90 Å². The number of fused-ring (bicyclic) bond motifs is 1. The van der Waals surface area contributed by atoms with Crippen molar-refractivity contribution in [3.8, 4) is 0 Å². The molecule has 11 heteroatoms. The van der Waals surface area contributed by atoms with Gasteiger partial charge in [0.25, 0.3) is 0 Å². The van der Waals surface area contributed by atoms with Gasteiger partial charge in [0.2, 0.25) is 5.95 Å². The SMILES string of the molecule is COC(C)c1cc2cnc(Nc3ccc(CN4CCN(C(=O)OC(C)(C)C)CC4)cn3)nc2c(NC(C)C)n1. The van der Waals surface area contributed by atoms with E-state index >= 15 is 0 Å². The van der Waals surface area contributed by atoms with Gasteiger partial charge in [-0.15, -0.1) is 0 Å². The Hall–Kier alpha value is -3.57. The maximum atomic E-state index is 12.3. The van der Waals surface area contributed by atoms with Gasteiger partial charge in [0.1, 0.15) is 16.9 Å². The molecule has 1 amide bonds. The van der Waals surface area contributed by atoms with Gasteiger partial charge in [-0.2, -0.15) is 0 Å². The number of piperazine rings is 1. The van der Waals surface area contributed by atoms with E-state index in [0.717, 1.165) is 41.8 Å². The molecular weight excluding hydrogens is 496 g/mol. The number of pyridine rings is 2. The summed E-state index contributed by atoms with van der Waals surface area (Å²) in [5, 5.41) is 7.48. The number of carbonyl (C=O) groups excluding carboxylic acids is 1. The van der Waals surface area contributed by atoms with Gasteiger partial charge in [-0.25, -0.2) is 24.7 Å². The third-order valence-corrected chi connectivity index (χ3v) is 6.28. The molecule has 1 saturated heterocycles. The van der Waals surface area contributed by atoms with Crippen LogP contribution in [-0.2, 0) is 16.0 Å². The molecule has 1 atom stereocenters. The Labute approximate surface area is 230 Å². The summed E-state index contributed by atoms with van der Waals surface area (Å²) in [7, 11) is 1.67. The number of anilines is 3. The lowest BCUT2D eigenvalue weighted by atomic mass is 10.2. The molecule has 4 heterocycles. The molecule has 210 valence electrons. The van der Waals surface area contributed by atoms with Gasteiger partial charge in [-0.1, -0.05) is 6.07 Å². The number of hydrogen-bond donors (Lipinski definition) is 2. The summed E-state index contributed by atoms with van der Waals surface area (Å²) >= 11 is 0. The second-order valence-corrected chi connectivity index (χ2v) is 11.1. The van der Waals surface area contributed by atoms with E-state index in [2.05, 4.69) is 39.3 Å². The summed E-state index contributed by atoms with van der Waals surface area (Å²) < 4.78 is 10.9. The molecule has 3 aromatic rings. The first kappa shape index (κ1) is 28.4. The lowest BCUT2D eigenvalue weighted by molar-refractivity contribution is 0.0139. The van der Waals surface area contributed by atoms with Gasteiger partial charge >= 0.3 is 6.09 Å². The predicted molar refractivity (Wildman–Crippen MR) is 152 cm³/mol. The first-order valence-electron chi connectivity index (χ1n) is 13.4. The van der Waals surface area contributed by atoms with E-state index in [-0.39, 0.29) is 18.2 Å². The molecule has 4 rings (SSSR count). The molecule has 0 radical (unpaired) electrons. The highest BCUT2D eigenvalue weighted by Crippen LogP contribution is 2.26. The molecule has 2 N–H and O–H groups in total. The largest absolute Gasteiger partial charge is 0.444 e. The Morgan fingerprint density at radius 1 is 1.05 bits per heavy atom. The van der Waals surface area contributed by atoms with E-state index in [1.54, 1.807) is 18.2 Å². The van der Waals surface area contributed by atoms with Crippen molar-refractivity contribution >= 4 is 34.6 Å². The molecule has 1 aliphatic rings. The van der Waals surface area contributed by atoms with Crippen molar-refractivity contribution in [1.29, 1.82) is 0 Å². The molecule has 0 saturated carbocycles. The average Bonchev–Trinajstić information content (AvgIpc) is 2.88. The highest BCUT2D eigenvalue weighted by Gasteiger charge is 2.26. The van der Waals surface area contributed by atoms with Crippen molar-refractivity contribution in [1.82, 2.24) is 29.7 Å². The summed E-state index contributed by atoms with van der Waals surface area (Å²) in [6, 6.07) is 6.12. The first-order valence-corrected chi connectivity index (χ1v) is 13.4. The van der Waals surface area contributed by atoms with E-state index in [9.17, 15) is 4.79 Å². The topological polar surface area (TPSA) is 118 Å². The Kier molecular flexibility index (Phi) is 8.81. The average molecular weight is 537 g/mol. The summed E-state index contributed by atoms with van der Waals surface area (Å²) in [6.45, 7) is 15.4. The number of carbonyl (C=O) groups is 1. The number of hydrogen-bond acceptors (Lipinski definition) is 10. The predicted octanol–water partition coefficient (Wildman–Crippen LogP) is 4.74. The highest BCUT2D eigenvalue weighted by atomic mass is 16.6. The summed E-state index contributed by atoms with van der Waals surface area (Å²) in [5.41, 5.74) is 2.17. The van der Waals surface area contributed by atoms with Crippen LogP contribution in [0.3, 0.4) is 0 Å². The van der Waals surface area contributed by atoms with Crippen molar-refractivity contribution in [3.63, 3.8) is 0 Å². The molecule has 0 spiro atoms. The molecular formula is C28H40N8O3. The zero-order chi connectivity index (χ0) is 28.2. The van der Waals surface area contributed by atoms with E-state index in [4.69, 9.17) is 19.4 Å².